The minimum atomic E-state index is -1.01. The smallest absolute Gasteiger partial charge is 0.339 e. The third kappa shape index (κ3) is 2.04. The van der Waals surface area contributed by atoms with Crippen LogP contribution in [0.2, 0.25) is 0 Å². The monoisotopic (exact) mass is 246 g/mol. The average Bonchev–Trinajstić information content (AvgIpc) is 2.72. The first-order valence-corrected chi connectivity index (χ1v) is 5.54. The lowest BCUT2D eigenvalue weighted by molar-refractivity contribution is 0.0697. The Morgan fingerprint density at radius 2 is 2.39 bits per heavy atom. The van der Waals surface area contributed by atoms with Gasteiger partial charge >= 0.3 is 5.97 Å². The molecule has 94 valence electrons. The second-order valence-electron chi connectivity index (χ2n) is 3.86. The highest BCUT2D eigenvalue weighted by molar-refractivity contribution is 6.03. The van der Waals surface area contributed by atoms with E-state index in [1.807, 2.05) is 0 Å². The molecule has 0 bridgehead atoms. The summed E-state index contributed by atoms with van der Waals surface area (Å²) in [7, 11) is 1.77. The molecule has 0 saturated heterocycles. The molecular formula is C12H14N4O2. The number of hydrogen-bond acceptors (Lipinski definition) is 4. The minimum absolute atomic E-state index is 0.152. The molecule has 18 heavy (non-hydrogen) atoms. The van der Waals surface area contributed by atoms with Gasteiger partial charge in [-0.05, 0) is 6.42 Å². The number of anilines is 1. The largest absolute Gasteiger partial charge is 0.478 e. The molecule has 0 saturated carbocycles. The van der Waals surface area contributed by atoms with Crippen LogP contribution in [-0.2, 0) is 7.05 Å². The Morgan fingerprint density at radius 1 is 1.61 bits per heavy atom. The average molecular weight is 246 g/mol. The number of hydrogen-bond donors (Lipinski definition) is 2. The summed E-state index contributed by atoms with van der Waals surface area (Å²) in [6, 6.07) is 0. The molecule has 0 fully saturated rings. The lowest BCUT2D eigenvalue weighted by Crippen LogP contribution is -2.08. The third-order valence-corrected chi connectivity index (χ3v) is 2.64. The zero-order valence-electron chi connectivity index (χ0n) is 10.1. The summed E-state index contributed by atoms with van der Waals surface area (Å²) in [6.07, 6.45) is 5.49. The quantitative estimate of drug-likeness (QED) is 0.619. The Balaban J connectivity index is 2.51. The van der Waals surface area contributed by atoms with E-state index in [1.165, 1.54) is 6.20 Å². The van der Waals surface area contributed by atoms with E-state index in [2.05, 4.69) is 22.0 Å². The maximum absolute atomic E-state index is 11.2. The zero-order valence-corrected chi connectivity index (χ0v) is 10.1. The molecule has 2 heterocycles. The van der Waals surface area contributed by atoms with Crippen LogP contribution < -0.4 is 5.32 Å². The van der Waals surface area contributed by atoms with Crippen LogP contribution >= 0.6 is 0 Å². The van der Waals surface area contributed by atoms with Crippen LogP contribution in [0.25, 0.3) is 11.0 Å². The lowest BCUT2D eigenvalue weighted by atomic mass is 10.2. The maximum Gasteiger partial charge on any atom is 0.339 e. The van der Waals surface area contributed by atoms with Gasteiger partial charge in [-0.1, -0.05) is 6.08 Å². The van der Waals surface area contributed by atoms with Gasteiger partial charge in [0.1, 0.15) is 5.56 Å². The second kappa shape index (κ2) is 4.87. The van der Waals surface area contributed by atoms with Crippen molar-refractivity contribution in [1.82, 2.24) is 14.8 Å². The number of aromatic carboxylic acids is 1. The number of rotatable bonds is 5. The number of nitrogens with one attached hydrogen (secondary N) is 1. The Labute approximate surface area is 104 Å². The van der Waals surface area contributed by atoms with Gasteiger partial charge in [-0.15, -0.1) is 6.58 Å². The Kier molecular flexibility index (Phi) is 3.27. The maximum atomic E-state index is 11.2. The fourth-order valence-electron chi connectivity index (χ4n) is 1.75. The van der Waals surface area contributed by atoms with Crippen molar-refractivity contribution in [3.8, 4) is 0 Å². The standard InChI is InChI=1S/C12H14N4O2/c1-3-4-5-13-10-8-7-15-16(2)11(8)14-6-9(10)12(17)18/h3,6-7H,1,4-5H2,2H3,(H,13,14)(H,17,18). The molecule has 0 aliphatic heterocycles. The summed E-state index contributed by atoms with van der Waals surface area (Å²) in [6.45, 7) is 4.25. The molecule has 6 heteroatoms. The van der Waals surface area contributed by atoms with Gasteiger partial charge in [0.05, 0.1) is 17.3 Å². The summed E-state index contributed by atoms with van der Waals surface area (Å²) in [4.78, 5) is 15.3. The van der Waals surface area contributed by atoms with Crippen molar-refractivity contribution in [3.63, 3.8) is 0 Å². The Morgan fingerprint density at radius 3 is 3.06 bits per heavy atom. The molecule has 0 spiro atoms. The van der Waals surface area contributed by atoms with E-state index in [1.54, 1.807) is 24.0 Å². The summed E-state index contributed by atoms with van der Waals surface area (Å²) in [5, 5.41) is 17.1. The molecule has 0 aromatic carbocycles. The number of carboxylic acids is 1. The van der Waals surface area contributed by atoms with Gasteiger partial charge < -0.3 is 10.4 Å². The first-order chi connectivity index (χ1) is 8.65. The molecular weight excluding hydrogens is 232 g/mol. The Hall–Kier alpha value is -2.37. The van der Waals surface area contributed by atoms with Gasteiger partial charge in [-0.2, -0.15) is 5.10 Å². The molecule has 0 aliphatic rings. The van der Waals surface area contributed by atoms with Crippen molar-refractivity contribution in [2.24, 2.45) is 7.05 Å². The second-order valence-corrected chi connectivity index (χ2v) is 3.86. The van der Waals surface area contributed by atoms with Crippen LogP contribution in [0, 0.1) is 0 Å². The molecule has 0 unspecified atom stereocenters. The van der Waals surface area contributed by atoms with E-state index in [-0.39, 0.29) is 5.56 Å². The molecule has 2 rings (SSSR count). The van der Waals surface area contributed by atoms with Gasteiger partial charge in [0, 0.05) is 19.8 Å². The van der Waals surface area contributed by atoms with Gasteiger partial charge in [0.25, 0.3) is 0 Å². The van der Waals surface area contributed by atoms with Crippen molar-refractivity contribution in [1.29, 1.82) is 0 Å². The fraction of sp³-hybridized carbons (Fsp3) is 0.250. The first kappa shape index (κ1) is 12.1. The predicted molar refractivity (Wildman–Crippen MR) is 68.8 cm³/mol. The molecule has 2 aromatic heterocycles. The predicted octanol–water partition coefficient (Wildman–Crippen LogP) is 1.65. The summed E-state index contributed by atoms with van der Waals surface area (Å²) >= 11 is 0. The highest BCUT2D eigenvalue weighted by atomic mass is 16.4. The van der Waals surface area contributed by atoms with E-state index in [0.717, 1.165) is 6.42 Å². The van der Waals surface area contributed by atoms with E-state index < -0.39 is 5.97 Å². The van der Waals surface area contributed by atoms with Crippen molar-refractivity contribution in [2.75, 3.05) is 11.9 Å². The van der Waals surface area contributed by atoms with Crippen LogP contribution in [0.1, 0.15) is 16.8 Å². The van der Waals surface area contributed by atoms with Gasteiger partial charge in [-0.25, -0.2) is 9.78 Å². The summed E-state index contributed by atoms with van der Waals surface area (Å²) in [5.74, 6) is -1.01. The van der Waals surface area contributed by atoms with Crippen molar-refractivity contribution >= 4 is 22.7 Å². The topological polar surface area (TPSA) is 80.0 Å². The van der Waals surface area contributed by atoms with Crippen LogP contribution in [0.3, 0.4) is 0 Å². The van der Waals surface area contributed by atoms with Crippen molar-refractivity contribution < 1.29 is 9.90 Å². The van der Waals surface area contributed by atoms with E-state index >= 15 is 0 Å². The molecule has 0 amide bonds. The molecule has 2 N–H and O–H groups in total. The van der Waals surface area contributed by atoms with E-state index in [0.29, 0.717) is 23.3 Å². The van der Waals surface area contributed by atoms with Crippen molar-refractivity contribution in [2.45, 2.75) is 6.42 Å². The number of pyridine rings is 1. The van der Waals surface area contributed by atoms with Crippen LogP contribution in [0.15, 0.2) is 25.0 Å². The number of aromatic nitrogens is 3. The number of fused-ring (bicyclic) bond motifs is 1. The van der Waals surface area contributed by atoms with Gasteiger partial charge in [0.2, 0.25) is 0 Å². The van der Waals surface area contributed by atoms with Gasteiger partial charge in [-0.3, -0.25) is 4.68 Å². The van der Waals surface area contributed by atoms with E-state index in [4.69, 9.17) is 5.11 Å². The molecule has 6 nitrogen and oxygen atoms in total. The van der Waals surface area contributed by atoms with Crippen molar-refractivity contribution in [3.05, 3.63) is 30.6 Å². The Bertz CT molecular complexity index is 603. The van der Waals surface area contributed by atoms with Crippen LogP contribution in [0.4, 0.5) is 5.69 Å². The van der Waals surface area contributed by atoms with Crippen LogP contribution in [0.5, 0.6) is 0 Å². The molecule has 0 atom stereocenters. The van der Waals surface area contributed by atoms with Gasteiger partial charge in [0.15, 0.2) is 5.65 Å². The molecule has 0 aliphatic carbocycles. The highest BCUT2D eigenvalue weighted by Crippen LogP contribution is 2.25. The number of carbonyl (C=O) groups is 1. The normalized spacial score (nSPS) is 10.5. The number of nitrogens with zero attached hydrogens (tertiary/aromatic N) is 3. The number of aryl methyl sites for hydroxylation is 1. The lowest BCUT2D eigenvalue weighted by Gasteiger charge is -2.09. The fourth-order valence-corrected chi connectivity index (χ4v) is 1.75. The molecule has 0 radical (unpaired) electrons. The highest BCUT2D eigenvalue weighted by Gasteiger charge is 2.16. The zero-order chi connectivity index (χ0) is 13.1. The molecule has 2 aromatic rings. The van der Waals surface area contributed by atoms with Crippen LogP contribution in [-0.4, -0.2) is 32.4 Å². The minimum Gasteiger partial charge on any atom is -0.478 e. The summed E-state index contributed by atoms with van der Waals surface area (Å²) < 4.78 is 1.61. The third-order valence-electron chi connectivity index (χ3n) is 2.64. The van der Waals surface area contributed by atoms with E-state index in [9.17, 15) is 4.79 Å². The summed E-state index contributed by atoms with van der Waals surface area (Å²) in [5.41, 5.74) is 1.36. The SMILES string of the molecule is C=CCCNc1c(C(=O)O)cnc2c1cnn2C. The first-order valence-electron chi connectivity index (χ1n) is 5.54. The number of carboxylic acid groups (broad SMARTS) is 1.